The number of pyridine rings is 1. The van der Waals surface area contributed by atoms with Crippen LogP contribution in [0.5, 0.6) is 0 Å². The van der Waals surface area contributed by atoms with Gasteiger partial charge >= 0.3 is 0 Å². The highest BCUT2D eigenvalue weighted by Gasteiger charge is 2.35. The van der Waals surface area contributed by atoms with Crippen molar-refractivity contribution >= 4 is 23.1 Å². The smallest absolute Gasteiger partial charge is 0.149 e. The molecule has 1 aliphatic rings. The molecule has 0 aromatic carbocycles. The number of aromatic nitrogens is 1. The maximum Gasteiger partial charge on any atom is 0.149 e. The molecule has 0 amide bonds. The fourth-order valence-corrected chi connectivity index (χ4v) is 1.79. The molecule has 0 radical (unpaired) electrons. The molecule has 3 nitrogen and oxygen atoms in total. The van der Waals surface area contributed by atoms with E-state index in [0.717, 1.165) is 11.7 Å². The van der Waals surface area contributed by atoms with Crippen LogP contribution in [-0.2, 0) is 0 Å². The number of nitrogen functional groups attached to an aromatic ring is 1. The van der Waals surface area contributed by atoms with Gasteiger partial charge in [-0.2, -0.15) is 0 Å². The van der Waals surface area contributed by atoms with Crippen LogP contribution in [0.4, 0.5) is 11.5 Å². The van der Waals surface area contributed by atoms with Gasteiger partial charge < -0.3 is 11.1 Å². The molecule has 1 aromatic rings. The van der Waals surface area contributed by atoms with Gasteiger partial charge in [0.2, 0.25) is 0 Å². The summed E-state index contributed by atoms with van der Waals surface area (Å²) in [6.07, 6.45) is 4.05. The van der Waals surface area contributed by atoms with E-state index in [9.17, 15) is 0 Å². The van der Waals surface area contributed by atoms with Crippen molar-refractivity contribution in [3.8, 4) is 0 Å². The first kappa shape index (κ1) is 9.59. The third-order valence-corrected chi connectivity index (χ3v) is 2.86. The zero-order chi connectivity index (χ0) is 10.1. The van der Waals surface area contributed by atoms with Crippen molar-refractivity contribution in [1.29, 1.82) is 0 Å². The Hall–Kier alpha value is -0.960. The molecule has 2 rings (SSSR count). The molecule has 1 aromatic heterocycles. The van der Waals surface area contributed by atoms with E-state index in [1.54, 1.807) is 12.3 Å². The van der Waals surface area contributed by atoms with Gasteiger partial charge in [0.15, 0.2) is 0 Å². The van der Waals surface area contributed by atoms with E-state index in [4.69, 9.17) is 17.3 Å². The van der Waals surface area contributed by atoms with Crippen LogP contribution in [0.3, 0.4) is 0 Å². The number of hydrogen-bond donors (Lipinski definition) is 2. The minimum Gasteiger partial charge on any atom is -0.396 e. The van der Waals surface area contributed by atoms with Gasteiger partial charge in [-0.25, -0.2) is 4.98 Å². The summed E-state index contributed by atoms with van der Waals surface area (Å²) in [7, 11) is 0. The number of anilines is 2. The van der Waals surface area contributed by atoms with Crippen LogP contribution in [0.1, 0.15) is 19.8 Å². The first-order valence-electron chi connectivity index (χ1n) is 4.88. The highest BCUT2D eigenvalue weighted by atomic mass is 35.5. The summed E-state index contributed by atoms with van der Waals surface area (Å²) in [5.74, 6) is 1.54. The van der Waals surface area contributed by atoms with Gasteiger partial charge in [0, 0.05) is 12.2 Å². The summed E-state index contributed by atoms with van der Waals surface area (Å²) in [6, 6.07) is 2.27. The Labute approximate surface area is 88.7 Å². The van der Waals surface area contributed by atoms with E-state index >= 15 is 0 Å². The topological polar surface area (TPSA) is 50.9 Å². The molecule has 76 valence electrons. The van der Waals surface area contributed by atoms with Crippen molar-refractivity contribution in [1.82, 2.24) is 4.98 Å². The average Bonchev–Trinajstić information content (AvgIpc) is 2.89. The summed E-state index contributed by atoms with van der Waals surface area (Å²) in [4.78, 5) is 4.16. The summed E-state index contributed by atoms with van der Waals surface area (Å²) in [6.45, 7) is 2.20. The number of nitrogens with one attached hydrogen (secondary N) is 1. The third kappa shape index (κ3) is 1.93. The molecule has 14 heavy (non-hydrogen) atoms. The van der Waals surface area contributed by atoms with Gasteiger partial charge in [-0.15, -0.1) is 0 Å². The Morgan fingerprint density at radius 3 is 3.07 bits per heavy atom. The monoisotopic (exact) mass is 211 g/mol. The van der Waals surface area contributed by atoms with Crippen LogP contribution < -0.4 is 11.1 Å². The Morgan fingerprint density at radius 1 is 1.71 bits per heavy atom. The highest BCUT2D eigenvalue weighted by Crippen LogP contribution is 2.36. The SMILES string of the molecule is CCC1CC1Nc1ncc(Cl)cc1N. The first-order valence-corrected chi connectivity index (χ1v) is 5.26. The van der Waals surface area contributed by atoms with E-state index in [0.29, 0.717) is 16.8 Å². The quantitative estimate of drug-likeness (QED) is 0.808. The largest absolute Gasteiger partial charge is 0.396 e. The molecule has 1 saturated carbocycles. The van der Waals surface area contributed by atoms with E-state index in [-0.39, 0.29) is 0 Å². The van der Waals surface area contributed by atoms with Gasteiger partial charge in [-0.1, -0.05) is 24.9 Å². The predicted molar refractivity (Wildman–Crippen MR) is 59.5 cm³/mol. The van der Waals surface area contributed by atoms with Crippen LogP contribution in [0.2, 0.25) is 5.02 Å². The Kier molecular flexibility index (Phi) is 2.50. The molecule has 0 aliphatic heterocycles. The normalized spacial score (nSPS) is 24.7. The maximum absolute atomic E-state index is 5.77. The summed E-state index contributed by atoms with van der Waals surface area (Å²) in [5.41, 5.74) is 6.40. The summed E-state index contributed by atoms with van der Waals surface area (Å²) >= 11 is 5.75. The highest BCUT2D eigenvalue weighted by molar-refractivity contribution is 6.30. The standard InChI is InChI=1S/C10H14ClN3/c1-2-6-3-9(6)14-10-8(12)4-7(11)5-13-10/h4-6,9H,2-3,12H2,1H3,(H,13,14). The fourth-order valence-electron chi connectivity index (χ4n) is 1.63. The van der Waals surface area contributed by atoms with Crippen molar-refractivity contribution in [2.24, 2.45) is 5.92 Å². The first-order chi connectivity index (χ1) is 6.70. The lowest BCUT2D eigenvalue weighted by atomic mass is 10.3. The van der Waals surface area contributed by atoms with E-state index in [2.05, 4.69) is 17.2 Å². The molecule has 0 saturated heterocycles. The zero-order valence-corrected chi connectivity index (χ0v) is 8.88. The van der Waals surface area contributed by atoms with Crippen molar-refractivity contribution < 1.29 is 0 Å². The van der Waals surface area contributed by atoms with Crippen molar-refractivity contribution in [3.63, 3.8) is 0 Å². The molecular formula is C10H14ClN3. The minimum atomic E-state index is 0.552. The Morgan fingerprint density at radius 2 is 2.50 bits per heavy atom. The molecule has 2 atom stereocenters. The summed E-state index contributed by atoms with van der Waals surface area (Å²) in [5, 5.41) is 3.90. The number of rotatable bonds is 3. The maximum atomic E-state index is 5.77. The van der Waals surface area contributed by atoms with Gasteiger partial charge in [0.1, 0.15) is 5.82 Å². The lowest BCUT2D eigenvalue weighted by molar-refractivity contribution is 0.773. The minimum absolute atomic E-state index is 0.552. The number of nitrogens with two attached hydrogens (primary N) is 1. The molecule has 1 aliphatic carbocycles. The lowest BCUT2D eigenvalue weighted by Gasteiger charge is -2.07. The second-order valence-electron chi connectivity index (χ2n) is 3.75. The number of hydrogen-bond acceptors (Lipinski definition) is 3. The molecule has 0 spiro atoms. The molecule has 4 heteroatoms. The lowest BCUT2D eigenvalue weighted by Crippen LogP contribution is -2.08. The molecule has 1 heterocycles. The van der Waals surface area contributed by atoms with E-state index < -0.39 is 0 Å². The third-order valence-electron chi connectivity index (χ3n) is 2.65. The van der Waals surface area contributed by atoms with Gasteiger partial charge in [0.05, 0.1) is 10.7 Å². The van der Waals surface area contributed by atoms with Crippen LogP contribution in [0, 0.1) is 5.92 Å². The zero-order valence-electron chi connectivity index (χ0n) is 8.13. The Balaban J connectivity index is 2.03. The summed E-state index contributed by atoms with van der Waals surface area (Å²) < 4.78 is 0. The van der Waals surface area contributed by atoms with Crippen molar-refractivity contribution in [2.45, 2.75) is 25.8 Å². The van der Waals surface area contributed by atoms with Gasteiger partial charge in [-0.05, 0) is 18.4 Å². The van der Waals surface area contributed by atoms with Crippen LogP contribution >= 0.6 is 11.6 Å². The van der Waals surface area contributed by atoms with Gasteiger partial charge in [-0.3, -0.25) is 0 Å². The van der Waals surface area contributed by atoms with E-state index in [1.807, 2.05) is 0 Å². The van der Waals surface area contributed by atoms with Crippen molar-refractivity contribution in [3.05, 3.63) is 17.3 Å². The molecule has 1 fully saturated rings. The Bertz CT molecular complexity index is 340. The van der Waals surface area contributed by atoms with Gasteiger partial charge in [0.25, 0.3) is 0 Å². The van der Waals surface area contributed by atoms with Crippen LogP contribution in [-0.4, -0.2) is 11.0 Å². The van der Waals surface area contributed by atoms with Crippen LogP contribution in [0.25, 0.3) is 0 Å². The molecular weight excluding hydrogens is 198 g/mol. The van der Waals surface area contributed by atoms with Crippen molar-refractivity contribution in [2.75, 3.05) is 11.1 Å². The number of nitrogens with zero attached hydrogens (tertiary/aromatic N) is 1. The molecule has 3 N–H and O–H groups in total. The second-order valence-corrected chi connectivity index (χ2v) is 4.18. The number of halogens is 1. The average molecular weight is 212 g/mol. The molecule has 2 unspecified atom stereocenters. The van der Waals surface area contributed by atoms with E-state index in [1.165, 1.54) is 12.8 Å². The molecule has 0 bridgehead atoms. The second kappa shape index (κ2) is 3.65. The van der Waals surface area contributed by atoms with Crippen LogP contribution in [0.15, 0.2) is 12.3 Å². The predicted octanol–water partition coefficient (Wildman–Crippen LogP) is 2.53. The fraction of sp³-hybridized carbons (Fsp3) is 0.500.